The number of sulfonamides is 1. The lowest BCUT2D eigenvalue weighted by Gasteiger charge is -2.16. The highest BCUT2D eigenvalue weighted by Gasteiger charge is 2.17. The second-order valence-corrected chi connectivity index (χ2v) is 8.24. The molecule has 1 amide bonds. The Morgan fingerprint density at radius 1 is 1.32 bits per heavy atom. The van der Waals surface area contributed by atoms with Gasteiger partial charge in [-0.25, -0.2) is 13.6 Å². The van der Waals surface area contributed by atoms with E-state index < -0.39 is 16.1 Å². The van der Waals surface area contributed by atoms with Gasteiger partial charge in [0.05, 0.1) is 10.2 Å². The van der Waals surface area contributed by atoms with Gasteiger partial charge in [0.2, 0.25) is 10.0 Å². The molecule has 25 heavy (non-hydrogen) atoms. The Bertz CT molecular complexity index is 889. The van der Waals surface area contributed by atoms with Gasteiger partial charge in [0.1, 0.15) is 5.75 Å². The Kier molecular flexibility index (Phi) is 6.45. The van der Waals surface area contributed by atoms with Crippen molar-refractivity contribution in [3.05, 3.63) is 57.5 Å². The maximum Gasteiger partial charge on any atom is 0.265 e. The van der Waals surface area contributed by atoms with Gasteiger partial charge in [-0.15, -0.1) is 0 Å². The molecule has 2 aromatic carbocycles. The van der Waals surface area contributed by atoms with E-state index in [0.717, 1.165) is 0 Å². The minimum atomic E-state index is -3.64. The van der Waals surface area contributed by atoms with Crippen LogP contribution in [0.5, 0.6) is 5.75 Å². The molecule has 3 N–H and O–H groups in total. The van der Waals surface area contributed by atoms with Crippen LogP contribution in [-0.2, 0) is 20.6 Å². The Balaban J connectivity index is 2.04. The quantitative estimate of drug-likeness (QED) is 0.710. The van der Waals surface area contributed by atoms with Crippen molar-refractivity contribution < 1.29 is 17.9 Å². The zero-order chi connectivity index (χ0) is 18.6. The summed E-state index contributed by atoms with van der Waals surface area (Å²) in [5.74, 6) is -0.204. The van der Waals surface area contributed by atoms with Gasteiger partial charge in [-0.1, -0.05) is 23.7 Å². The first kappa shape index (κ1) is 19.7. The third-order valence-electron chi connectivity index (χ3n) is 3.13. The molecule has 0 aromatic heterocycles. The molecule has 1 atom stereocenters. The van der Waals surface area contributed by atoms with Gasteiger partial charge in [-0.2, -0.15) is 0 Å². The summed E-state index contributed by atoms with van der Waals surface area (Å²) in [6.45, 7) is 1.60. The van der Waals surface area contributed by atoms with Crippen LogP contribution in [0.15, 0.2) is 46.9 Å². The van der Waals surface area contributed by atoms with Crippen LogP contribution < -0.4 is 15.2 Å². The van der Waals surface area contributed by atoms with Crippen molar-refractivity contribution in [2.75, 3.05) is 5.32 Å². The third kappa shape index (κ3) is 6.32. The van der Waals surface area contributed by atoms with Crippen molar-refractivity contribution >= 4 is 49.1 Å². The first-order chi connectivity index (χ1) is 11.6. The molecule has 2 aromatic rings. The van der Waals surface area contributed by atoms with Gasteiger partial charge in [0.25, 0.3) is 5.91 Å². The second-order valence-electron chi connectivity index (χ2n) is 5.33. The number of primary sulfonamides is 1. The predicted octanol–water partition coefficient (Wildman–Crippen LogP) is 3.30. The maximum absolute atomic E-state index is 12.3. The number of carbonyl (C=O) groups excluding carboxylic acids is 1. The number of rotatable bonds is 6. The monoisotopic (exact) mass is 446 g/mol. The summed E-state index contributed by atoms with van der Waals surface area (Å²) in [6, 6.07) is 11.4. The van der Waals surface area contributed by atoms with Crippen molar-refractivity contribution in [1.82, 2.24) is 0 Å². The highest BCUT2D eigenvalue weighted by Crippen LogP contribution is 2.28. The van der Waals surface area contributed by atoms with E-state index in [2.05, 4.69) is 21.2 Å². The number of nitrogens with two attached hydrogens (primary N) is 1. The predicted molar refractivity (Wildman–Crippen MR) is 101 cm³/mol. The van der Waals surface area contributed by atoms with Crippen LogP contribution in [0.1, 0.15) is 12.5 Å². The normalized spacial score (nSPS) is 12.5. The van der Waals surface area contributed by atoms with Crippen LogP contribution in [0.4, 0.5) is 5.69 Å². The van der Waals surface area contributed by atoms with Crippen LogP contribution in [0.25, 0.3) is 0 Å². The smallest absolute Gasteiger partial charge is 0.265 e. The molecule has 0 spiro atoms. The van der Waals surface area contributed by atoms with E-state index in [1.54, 1.807) is 49.4 Å². The number of amides is 1. The molecule has 9 heteroatoms. The lowest BCUT2D eigenvalue weighted by molar-refractivity contribution is -0.122. The minimum absolute atomic E-state index is 0.305. The Labute approximate surface area is 159 Å². The molecule has 1 unspecified atom stereocenters. The van der Waals surface area contributed by atoms with Gasteiger partial charge in [-0.3, -0.25) is 4.79 Å². The summed E-state index contributed by atoms with van der Waals surface area (Å²) >= 11 is 9.19. The molecule has 0 heterocycles. The minimum Gasteiger partial charge on any atom is -0.480 e. The van der Waals surface area contributed by atoms with Crippen LogP contribution in [0.3, 0.4) is 0 Å². The van der Waals surface area contributed by atoms with Crippen molar-refractivity contribution in [3.63, 3.8) is 0 Å². The Morgan fingerprint density at radius 2 is 2.04 bits per heavy atom. The molecular weight excluding hydrogens is 432 g/mol. The van der Waals surface area contributed by atoms with E-state index in [4.69, 9.17) is 21.5 Å². The zero-order valence-corrected chi connectivity index (χ0v) is 16.4. The number of ether oxygens (including phenoxy) is 1. The fraction of sp³-hybridized carbons (Fsp3) is 0.188. The molecule has 0 saturated carbocycles. The third-order valence-corrected chi connectivity index (χ3v) is 4.72. The molecule has 6 nitrogen and oxygen atoms in total. The van der Waals surface area contributed by atoms with E-state index in [0.29, 0.717) is 26.5 Å². The summed E-state index contributed by atoms with van der Waals surface area (Å²) in [4.78, 5) is 12.3. The fourth-order valence-corrected chi connectivity index (χ4v) is 3.45. The molecule has 0 fully saturated rings. The molecule has 0 radical (unpaired) electrons. The van der Waals surface area contributed by atoms with Gasteiger partial charge in [-0.05, 0) is 58.7 Å². The van der Waals surface area contributed by atoms with E-state index in [1.165, 1.54) is 0 Å². The lowest BCUT2D eigenvalue weighted by Crippen LogP contribution is -2.30. The van der Waals surface area contributed by atoms with Gasteiger partial charge < -0.3 is 10.1 Å². The summed E-state index contributed by atoms with van der Waals surface area (Å²) in [6.07, 6.45) is -0.778. The largest absolute Gasteiger partial charge is 0.480 e. The van der Waals surface area contributed by atoms with Crippen LogP contribution in [0, 0.1) is 0 Å². The zero-order valence-electron chi connectivity index (χ0n) is 13.2. The van der Waals surface area contributed by atoms with E-state index >= 15 is 0 Å². The first-order valence-electron chi connectivity index (χ1n) is 7.16. The standard InChI is InChI=1S/C16H16BrClN2O4S/c1-10(24-15-6-5-12(18)8-14(15)17)16(21)20-13-4-2-3-11(7-13)9-25(19,22)23/h2-8,10H,9H2,1H3,(H,20,21)(H2,19,22,23). The number of benzene rings is 2. The molecule has 0 aliphatic carbocycles. The number of carbonyl (C=O) groups is 1. The molecule has 0 aliphatic heterocycles. The SMILES string of the molecule is CC(Oc1ccc(Cl)cc1Br)C(=O)Nc1cccc(CS(N)(=O)=O)c1. The molecular formula is C16H16BrClN2O4S. The van der Waals surface area contributed by atoms with Gasteiger partial charge in [0, 0.05) is 10.7 Å². The Hall–Kier alpha value is -1.61. The molecule has 0 bridgehead atoms. The number of hydrogen-bond acceptors (Lipinski definition) is 4. The van der Waals surface area contributed by atoms with Gasteiger partial charge in [0.15, 0.2) is 6.10 Å². The summed E-state index contributed by atoms with van der Waals surface area (Å²) in [7, 11) is -3.64. The highest BCUT2D eigenvalue weighted by molar-refractivity contribution is 9.10. The molecule has 0 saturated heterocycles. The first-order valence-corrected chi connectivity index (χ1v) is 10.0. The number of halogens is 2. The van der Waals surface area contributed by atoms with Crippen molar-refractivity contribution in [2.24, 2.45) is 5.14 Å². The van der Waals surface area contributed by atoms with Crippen LogP contribution in [0.2, 0.25) is 5.02 Å². The number of anilines is 1. The van der Waals surface area contributed by atoms with E-state index in [9.17, 15) is 13.2 Å². The van der Waals surface area contributed by atoms with E-state index in [1.807, 2.05) is 0 Å². The average molecular weight is 448 g/mol. The lowest BCUT2D eigenvalue weighted by atomic mass is 10.2. The van der Waals surface area contributed by atoms with Crippen molar-refractivity contribution in [2.45, 2.75) is 18.8 Å². The Morgan fingerprint density at radius 3 is 2.68 bits per heavy atom. The summed E-state index contributed by atoms with van der Waals surface area (Å²) < 4.78 is 28.6. The fourth-order valence-electron chi connectivity index (χ4n) is 2.03. The van der Waals surface area contributed by atoms with Gasteiger partial charge >= 0.3 is 0 Å². The molecule has 2 rings (SSSR count). The second kappa shape index (κ2) is 8.18. The number of nitrogens with one attached hydrogen (secondary N) is 1. The molecule has 0 aliphatic rings. The topological polar surface area (TPSA) is 98.5 Å². The van der Waals surface area contributed by atoms with Crippen LogP contribution in [-0.4, -0.2) is 20.4 Å². The highest BCUT2D eigenvalue weighted by atomic mass is 79.9. The number of hydrogen-bond donors (Lipinski definition) is 2. The maximum atomic E-state index is 12.3. The van der Waals surface area contributed by atoms with E-state index in [-0.39, 0.29) is 11.7 Å². The summed E-state index contributed by atoms with van der Waals surface area (Å²) in [5, 5.41) is 8.25. The molecule has 134 valence electrons. The van der Waals surface area contributed by atoms with Crippen molar-refractivity contribution in [3.8, 4) is 5.75 Å². The summed E-state index contributed by atoms with van der Waals surface area (Å²) in [5.41, 5.74) is 0.936. The average Bonchev–Trinajstić information content (AvgIpc) is 2.48. The van der Waals surface area contributed by atoms with Crippen molar-refractivity contribution in [1.29, 1.82) is 0 Å². The van der Waals surface area contributed by atoms with Crippen LogP contribution >= 0.6 is 27.5 Å².